The number of ether oxygens (including phenoxy) is 1. The molecule has 0 saturated heterocycles. The maximum atomic E-state index is 14.8. The Kier molecular flexibility index (Phi) is 12.2. The van der Waals surface area contributed by atoms with Crippen LogP contribution in [-0.2, 0) is 12.8 Å². The Morgan fingerprint density at radius 1 is 0.730 bits per heavy atom. The molecule has 0 spiro atoms. The molecule has 37 heavy (non-hydrogen) atoms. The fraction of sp³-hybridized carbons (Fsp3) is 0.469. The first-order valence-electron chi connectivity index (χ1n) is 14.0. The predicted octanol–water partition coefficient (Wildman–Crippen LogP) is 8.92. The molecule has 198 valence electrons. The monoisotopic (exact) mass is 504 g/mol. The van der Waals surface area contributed by atoms with Gasteiger partial charge in [-0.15, -0.1) is 0 Å². The summed E-state index contributed by atoms with van der Waals surface area (Å²) < 4.78 is 20.2. The minimum absolute atomic E-state index is 0.158. The van der Waals surface area contributed by atoms with Crippen molar-refractivity contribution in [2.45, 2.75) is 97.3 Å². The van der Waals surface area contributed by atoms with Gasteiger partial charge in [-0.05, 0) is 61.1 Å². The summed E-state index contributed by atoms with van der Waals surface area (Å²) in [5, 5.41) is 0. The van der Waals surface area contributed by atoms with Crippen molar-refractivity contribution in [3.05, 3.63) is 77.4 Å². The normalized spacial score (nSPS) is 11.0. The molecule has 0 saturated carbocycles. The van der Waals surface area contributed by atoms with Gasteiger partial charge in [-0.3, -0.25) is 0 Å². The predicted molar refractivity (Wildman–Crippen MR) is 148 cm³/mol. The fourth-order valence-electron chi connectivity index (χ4n) is 4.38. The molecule has 0 aliphatic rings. The molecule has 0 radical (unpaired) electrons. The van der Waals surface area contributed by atoms with Gasteiger partial charge in [0.05, 0.1) is 11.1 Å². The largest absolute Gasteiger partial charge is 0.423 e. The van der Waals surface area contributed by atoms with Crippen LogP contribution in [0.2, 0.25) is 0 Å². The third-order valence-electron chi connectivity index (χ3n) is 6.67. The van der Waals surface area contributed by atoms with Crippen LogP contribution in [0, 0.1) is 5.82 Å². The number of benzene rings is 2. The van der Waals surface area contributed by atoms with Crippen LogP contribution < -0.4 is 4.74 Å². The summed E-state index contributed by atoms with van der Waals surface area (Å²) in [4.78, 5) is 21.3. The second kappa shape index (κ2) is 15.9. The maximum absolute atomic E-state index is 14.8. The quantitative estimate of drug-likeness (QED) is 0.111. The van der Waals surface area contributed by atoms with Crippen molar-refractivity contribution < 1.29 is 13.9 Å². The number of carbonyl (C=O) groups is 1. The van der Waals surface area contributed by atoms with E-state index in [1.54, 1.807) is 36.7 Å². The molecule has 4 nitrogen and oxygen atoms in total. The zero-order chi connectivity index (χ0) is 26.3. The van der Waals surface area contributed by atoms with E-state index in [2.05, 4.69) is 23.8 Å². The van der Waals surface area contributed by atoms with Crippen LogP contribution in [0.1, 0.15) is 106 Å². The molecule has 0 bridgehead atoms. The summed E-state index contributed by atoms with van der Waals surface area (Å²) in [6, 6.07) is 11.9. The molecule has 0 aliphatic heterocycles. The van der Waals surface area contributed by atoms with Crippen molar-refractivity contribution in [3.8, 4) is 17.1 Å². The van der Waals surface area contributed by atoms with Crippen LogP contribution >= 0.6 is 0 Å². The smallest absolute Gasteiger partial charge is 0.343 e. The van der Waals surface area contributed by atoms with E-state index >= 15 is 0 Å². The first-order valence-corrected chi connectivity index (χ1v) is 14.0. The van der Waals surface area contributed by atoms with Gasteiger partial charge in [0.25, 0.3) is 0 Å². The average Bonchev–Trinajstić information content (AvgIpc) is 2.91. The summed E-state index contributed by atoms with van der Waals surface area (Å²) >= 11 is 0. The molecule has 0 amide bonds. The van der Waals surface area contributed by atoms with Gasteiger partial charge < -0.3 is 4.74 Å². The highest BCUT2D eigenvalue weighted by Gasteiger charge is 2.13. The summed E-state index contributed by atoms with van der Waals surface area (Å²) in [6.07, 6.45) is 19.1. The first kappa shape index (κ1) is 28.5. The van der Waals surface area contributed by atoms with Gasteiger partial charge in [-0.25, -0.2) is 19.2 Å². The Hall–Kier alpha value is -3.08. The molecular formula is C32H41FN2O2. The lowest BCUT2D eigenvalue weighted by atomic mass is 10.0. The van der Waals surface area contributed by atoms with Crippen LogP contribution in [0.5, 0.6) is 5.75 Å². The van der Waals surface area contributed by atoms with Crippen LogP contribution in [0.3, 0.4) is 0 Å². The Labute approximate surface area is 221 Å². The highest BCUT2D eigenvalue weighted by molar-refractivity contribution is 5.91. The third kappa shape index (κ3) is 9.71. The zero-order valence-corrected chi connectivity index (χ0v) is 22.5. The SMILES string of the molecule is CCCCCCCCCc1ccc(C(=O)Oc2ccc(-c3ncc(CCCCCC)cn3)c(F)c2)cc1. The third-order valence-corrected chi connectivity index (χ3v) is 6.67. The van der Waals surface area contributed by atoms with Gasteiger partial charge in [0.15, 0.2) is 5.82 Å². The number of nitrogens with zero attached hydrogens (tertiary/aromatic N) is 2. The second-order valence-corrected chi connectivity index (χ2v) is 9.82. The van der Waals surface area contributed by atoms with E-state index in [-0.39, 0.29) is 11.3 Å². The molecule has 2 aromatic carbocycles. The van der Waals surface area contributed by atoms with Crippen LogP contribution in [0.4, 0.5) is 4.39 Å². The average molecular weight is 505 g/mol. The molecule has 0 aliphatic carbocycles. The molecule has 1 aromatic heterocycles. The van der Waals surface area contributed by atoms with E-state index in [4.69, 9.17) is 4.74 Å². The lowest BCUT2D eigenvalue weighted by molar-refractivity contribution is 0.0734. The first-order chi connectivity index (χ1) is 18.1. The minimum atomic E-state index is -0.522. The van der Waals surface area contributed by atoms with Gasteiger partial charge in [-0.2, -0.15) is 0 Å². The van der Waals surface area contributed by atoms with Crippen molar-refractivity contribution in [1.82, 2.24) is 9.97 Å². The number of aryl methyl sites for hydroxylation is 2. The highest BCUT2D eigenvalue weighted by atomic mass is 19.1. The summed E-state index contributed by atoms with van der Waals surface area (Å²) in [5.74, 6) is -0.542. The molecule has 1 heterocycles. The minimum Gasteiger partial charge on any atom is -0.423 e. The van der Waals surface area contributed by atoms with E-state index < -0.39 is 11.8 Å². The van der Waals surface area contributed by atoms with E-state index in [0.717, 1.165) is 31.2 Å². The fourth-order valence-corrected chi connectivity index (χ4v) is 4.38. The van der Waals surface area contributed by atoms with Crippen LogP contribution in [-0.4, -0.2) is 15.9 Å². The highest BCUT2D eigenvalue weighted by Crippen LogP contribution is 2.24. The molecule has 3 aromatic rings. The lowest BCUT2D eigenvalue weighted by Crippen LogP contribution is -2.09. The van der Waals surface area contributed by atoms with Crippen molar-refractivity contribution >= 4 is 5.97 Å². The molecule has 5 heteroatoms. The van der Waals surface area contributed by atoms with Crippen LogP contribution in [0.15, 0.2) is 54.9 Å². The summed E-state index contributed by atoms with van der Waals surface area (Å²) in [7, 11) is 0. The Bertz CT molecular complexity index is 1080. The van der Waals surface area contributed by atoms with Gasteiger partial charge in [-0.1, -0.05) is 83.8 Å². The number of rotatable bonds is 16. The molecule has 0 unspecified atom stereocenters. The number of esters is 1. The van der Waals surface area contributed by atoms with E-state index in [1.807, 2.05) is 12.1 Å². The van der Waals surface area contributed by atoms with E-state index in [1.165, 1.54) is 69.4 Å². The number of aromatic nitrogens is 2. The lowest BCUT2D eigenvalue weighted by Gasteiger charge is -2.08. The van der Waals surface area contributed by atoms with E-state index in [0.29, 0.717) is 11.4 Å². The topological polar surface area (TPSA) is 52.1 Å². The number of hydrogen-bond donors (Lipinski definition) is 0. The molecule has 3 rings (SSSR count). The number of carbonyl (C=O) groups excluding carboxylic acids is 1. The second-order valence-electron chi connectivity index (χ2n) is 9.82. The number of unbranched alkanes of at least 4 members (excludes halogenated alkanes) is 9. The van der Waals surface area contributed by atoms with Crippen LogP contribution in [0.25, 0.3) is 11.4 Å². The number of hydrogen-bond acceptors (Lipinski definition) is 4. The molecule has 0 N–H and O–H groups in total. The van der Waals surface area contributed by atoms with Gasteiger partial charge in [0.2, 0.25) is 0 Å². The van der Waals surface area contributed by atoms with Crippen molar-refractivity contribution in [2.75, 3.05) is 0 Å². The maximum Gasteiger partial charge on any atom is 0.343 e. The Morgan fingerprint density at radius 2 is 1.30 bits per heavy atom. The number of halogens is 1. The van der Waals surface area contributed by atoms with Gasteiger partial charge in [0, 0.05) is 18.5 Å². The van der Waals surface area contributed by atoms with Gasteiger partial charge >= 0.3 is 5.97 Å². The van der Waals surface area contributed by atoms with Gasteiger partial charge in [0.1, 0.15) is 11.6 Å². The Morgan fingerprint density at radius 3 is 1.92 bits per heavy atom. The van der Waals surface area contributed by atoms with E-state index in [9.17, 15) is 9.18 Å². The molecule has 0 atom stereocenters. The zero-order valence-electron chi connectivity index (χ0n) is 22.5. The van der Waals surface area contributed by atoms with Crippen molar-refractivity contribution in [3.63, 3.8) is 0 Å². The van der Waals surface area contributed by atoms with Crippen molar-refractivity contribution in [1.29, 1.82) is 0 Å². The summed E-state index contributed by atoms with van der Waals surface area (Å²) in [5.41, 5.74) is 3.00. The van der Waals surface area contributed by atoms with Crippen molar-refractivity contribution in [2.24, 2.45) is 0 Å². The molecule has 0 fully saturated rings. The molecular weight excluding hydrogens is 463 g/mol. The Balaban J connectivity index is 1.49. The summed E-state index contributed by atoms with van der Waals surface area (Å²) in [6.45, 7) is 4.42. The standard InChI is InChI=1S/C32H41FN2O2/c1-3-5-7-9-10-11-13-14-25-16-18-27(19-17-25)32(36)37-28-20-21-29(30(33)22-28)31-34-23-26(24-35-31)15-12-8-6-4-2/h16-24H,3-15H2,1-2H3.